The monoisotopic (exact) mass is 765 g/mol. The quantitative estimate of drug-likeness (QED) is 0.180. The maximum absolute atomic E-state index is 14.4. The van der Waals surface area contributed by atoms with Gasteiger partial charge in [0.15, 0.2) is 0 Å². The molecule has 3 fully saturated rings. The number of likely N-dealkylation sites (tertiary alicyclic amines) is 1. The van der Waals surface area contributed by atoms with Crippen molar-refractivity contribution in [3.63, 3.8) is 0 Å². The number of β-lactam (4-membered cyclic amide) rings is 1. The largest absolute Gasteiger partial charge is 0.447 e. The summed E-state index contributed by atoms with van der Waals surface area (Å²) in [6.45, 7) is 2.53. The second kappa shape index (κ2) is 16.8. The van der Waals surface area contributed by atoms with E-state index in [1.54, 1.807) is 17.1 Å². The molecule has 0 radical (unpaired) electrons. The number of hydrogen-bond donors (Lipinski definition) is 1. The highest BCUT2D eigenvalue weighted by atomic mass is 19.4. The van der Waals surface area contributed by atoms with Crippen molar-refractivity contribution >= 4 is 29.9 Å². The predicted molar refractivity (Wildman–Crippen MR) is 202 cm³/mol. The molecule has 0 aliphatic carbocycles. The van der Waals surface area contributed by atoms with Gasteiger partial charge in [-0.3, -0.25) is 24.2 Å². The Morgan fingerprint density at radius 3 is 2.14 bits per heavy atom. The first kappa shape index (κ1) is 38.3. The average Bonchev–Trinajstić information content (AvgIpc) is 3.59. The summed E-state index contributed by atoms with van der Waals surface area (Å²) in [5.74, 6) is -1.59. The maximum atomic E-state index is 14.4. The molecule has 7 rings (SSSR count). The van der Waals surface area contributed by atoms with Crippen molar-refractivity contribution in [2.75, 3.05) is 32.8 Å². The Morgan fingerprint density at radius 2 is 1.46 bits per heavy atom. The number of rotatable bonds is 12. The lowest BCUT2D eigenvalue weighted by Gasteiger charge is -2.52. The number of halogens is 3. The standard InChI is InChI=1S/C43H42F3N5O5/c44-43(45,46)34-18-10-15-32(25-34)27-47-40(53)36(26-38(52)49-23-21-48(22-24-49)28-31-13-6-2-7-14-31)50-35(20-19-30-11-4-1-5-12-30)39(41(50)54)51-37(29-56-42(51)55)33-16-8-3-9-17-33/h1-20,25,35-37,39H,21-24,26-29H2,(H,47,53)/b20-19+/t35-,36+,37-,39+/m1/s1. The van der Waals surface area contributed by atoms with Crippen LogP contribution in [0.25, 0.3) is 6.08 Å². The number of carbonyl (C=O) groups excluding carboxylic acids is 4. The summed E-state index contributed by atoms with van der Waals surface area (Å²) in [4.78, 5) is 62.7. The van der Waals surface area contributed by atoms with E-state index in [1.165, 1.54) is 21.9 Å². The fourth-order valence-corrected chi connectivity index (χ4v) is 7.58. The lowest BCUT2D eigenvalue weighted by Crippen LogP contribution is -2.74. The molecule has 0 spiro atoms. The number of alkyl halides is 3. The fourth-order valence-electron chi connectivity index (χ4n) is 7.58. The number of nitrogens with zero attached hydrogens (tertiary/aromatic N) is 4. The summed E-state index contributed by atoms with van der Waals surface area (Å²) in [5, 5.41) is 2.70. The van der Waals surface area contributed by atoms with E-state index < -0.39 is 53.8 Å². The Bertz CT molecular complexity index is 2040. The van der Waals surface area contributed by atoms with E-state index in [0.717, 1.165) is 35.4 Å². The van der Waals surface area contributed by atoms with E-state index in [2.05, 4.69) is 10.2 Å². The summed E-state index contributed by atoms with van der Waals surface area (Å²) in [7, 11) is 0. The molecule has 4 aromatic carbocycles. The first-order valence-electron chi connectivity index (χ1n) is 18.6. The Balaban J connectivity index is 1.16. The average molecular weight is 766 g/mol. The number of piperazine rings is 1. The summed E-state index contributed by atoms with van der Waals surface area (Å²) in [6.07, 6.45) is -2.08. The molecule has 13 heteroatoms. The third-order valence-corrected chi connectivity index (χ3v) is 10.5. The number of cyclic esters (lactones) is 1. The highest BCUT2D eigenvalue weighted by molar-refractivity contribution is 5.99. The molecule has 4 atom stereocenters. The molecule has 4 aromatic rings. The zero-order chi connectivity index (χ0) is 39.2. The lowest BCUT2D eigenvalue weighted by molar-refractivity contribution is -0.164. The van der Waals surface area contributed by atoms with Gasteiger partial charge >= 0.3 is 12.3 Å². The van der Waals surface area contributed by atoms with E-state index in [4.69, 9.17) is 4.74 Å². The number of carbonyl (C=O) groups is 4. The minimum absolute atomic E-state index is 0.0252. The highest BCUT2D eigenvalue weighted by Crippen LogP contribution is 2.39. The normalized spacial score (nSPS) is 20.8. The van der Waals surface area contributed by atoms with E-state index in [0.29, 0.717) is 26.2 Å². The summed E-state index contributed by atoms with van der Waals surface area (Å²) in [6, 6.07) is 29.3. The molecule has 4 amide bonds. The van der Waals surface area contributed by atoms with Crippen LogP contribution in [0.4, 0.5) is 18.0 Å². The van der Waals surface area contributed by atoms with Crippen LogP contribution >= 0.6 is 0 Å². The molecule has 3 aliphatic rings. The molecule has 0 bridgehead atoms. The number of amides is 4. The smallest absolute Gasteiger partial charge is 0.416 e. The van der Waals surface area contributed by atoms with Gasteiger partial charge in [-0.25, -0.2) is 4.79 Å². The van der Waals surface area contributed by atoms with Crippen LogP contribution in [-0.4, -0.2) is 94.3 Å². The van der Waals surface area contributed by atoms with Crippen molar-refractivity contribution < 1.29 is 37.1 Å². The first-order chi connectivity index (χ1) is 27.1. The molecule has 0 saturated carbocycles. The van der Waals surface area contributed by atoms with E-state index >= 15 is 0 Å². The van der Waals surface area contributed by atoms with Gasteiger partial charge in [-0.05, 0) is 34.4 Å². The van der Waals surface area contributed by atoms with Crippen molar-refractivity contribution in [1.29, 1.82) is 0 Å². The summed E-state index contributed by atoms with van der Waals surface area (Å²) < 4.78 is 46.0. The summed E-state index contributed by atoms with van der Waals surface area (Å²) in [5.41, 5.74) is 2.07. The zero-order valence-corrected chi connectivity index (χ0v) is 30.6. The summed E-state index contributed by atoms with van der Waals surface area (Å²) >= 11 is 0. The second-order valence-corrected chi connectivity index (χ2v) is 14.1. The number of hydrogen-bond acceptors (Lipinski definition) is 6. The van der Waals surface area contributed by atoms with Crippen molar-refractivity contribution in [3.8, 4) is 0 Å². The molecule has 3 heterocycles. The fraction of sp³-hybridized carbons (Fsp3) is 0.302. The topological polar surface area (TPSA) is 103 Å². The predicted octanol–water partition coefficient (Wildman–Crippen LogP) is 5.91. The van der Waals surface area contributed by atoms with Crippen LogP contribution in [-0.2, 0) is 38.4 Å². The molecule has 1 N–H and O–H groups in total. The lowest BCUT2D eigenvalue weighted by atomic mass is 9.87. The highest BCUT2D eigenvalue weighted by Gasteiger charge is 2.58. The van der Waals surface area contributed by atoms with Crippen LogP contribution in [0.3, 0.4) is 0 Å². The van der Waals surface area contributed by atoms with Crippen LogP contribution in [0, 0.1) is 0 Å². The van der Waals surface area contributed by atoms with Gasteiger partial charge in [0.2, 0.25) is 17.7 Å². The number of benzene rings is 4. The first-order valence-corrected chi connectivity index (χ1v) is 18.6. The van der Waals surface area contributed by atoms with Gasteiger partial charge in [0.05, 0.1) is 24.1 Å². The molecule has 0 unspecified atom stereocenters. The molecular weight excluding hydrogens is 723 g/mol. The maximum Gasteiger partial charge on any atom is 0.416 e. The zero-order valence-electron chi connectivity index (χ0n) is 30.6. The molecule has 56 heavy (non-hydrogen) atoms. The van der Waals surface area contributed by atoms with Crippen molar-refractivity contribution in [2.24, 2.45) is 0 Å². The Kier molecular flexibility index (Phi) is 11.5. The number of ether oxygens (including phenoxy) is 1. The van der Waals surface area contributed by atoms with Gasteiger partial charge in [-0.15, -0.1) is 0 Å². The van der Waals surface area contributed by atoms with Crippen LogP contribution in [0.5, 0.6) is 0 Å². The Morgan fingerprint density at radius 1 is 0.821 bits per heavy atom. The van der Waals surface area contributed by atoms with Gasteiger partial charge in [0.25, 0.3) is 0 Å². The van der Waals surface area contributed by atoms with Crippen molar-refractivity contribution in [1.82, 2.24) is 24.9 Å². The van der Waals surface area contributed by atoms with Gasteiger partial charge in [0.1, 0.15) is 18.7 Å². The molecule has 3 aliphatic heterocycles. The van der Waals surface area contributed by atoms with Crippen LogP contribution in [0.15, 0.2) is 121 Å². The van der Waals surface area contributed by atoms with Crippen LogP contribution in [0.1, 0.15) is 40.3 Å². The van der Waals surface area contributed by atoms with Gasteiger partial charge in [-0.1, -0.05) is 115 Å². The van der Waals surface area contributed by atoms with Crippen LogP contribution in [0.2, 0.25) is 0 Å². The second-order valence-electron chi connectivity index (χ2n) is 14.1. The molecule has 290 valence electrons. The van der Waals surface area contributed by atoms with E-state index in [1.807, 2.05) is 91.0 Å². The molecule has 0 aromatic heterocycles. The minimum Gasteiger partial charge on any atom is -0.447 e. The van der Waals surface area contributed by atoms with E-state index in [-0.39, 0.29) is 31.0 Å². The molecule has 3 saturated heterocycles. The Labute approximate surface area is 323 Å². The van der Waals surface area contributed by atoms with Crippen molar-refractivity contribution in [2.45, 2.75) is 49.9 Å². The molecule has 10 nitrogen and oxygen atoms in total. The van der Waals surface area contributed by atoms with Crippen LogP contribution < -0.4 is 5.32 Å². The van der Waals surface area contributed by atoms with E-state index in [9.17, 15) is 32.3 Å². The minimum atomic E-state index is -4.58. The third kappa shape index (κ3) is 8.63. The third-order valence-electron chi connectivity index (χ3n) is 10.5. The SMILES string of the molecule is O=C(NCc1cccc(C(F)(F)F)c1)[C@H](CC(=O)N1CCN(Cc2ccccc2)CC1)N1C(=O)[C@@H](N2C(=O)OC[C@@H]2c2ccccc2)[C@H]1/C=C/c1ccccc1. The van der Waals surface area contributed by atoms with Gasteiger partial charge in [-0.2, -0.15) is 13.2 Å². The van der Waals surface area contributed by atoms with Crippen molar-refractivity contribution in [3.05, 3.63) is 149 Å². The van der Waals surface area contributed by atoms with Gasteiger partial charge in [0, 0.05) is 39.3 Å². The Hall–Kier alpha value is -5.95. The van der Waals surface area contributed by atoms with Gasteiger partial charge < -0.3 is 19.9 Å². The number of nitrogens with one attached hydrogen (secondary N) is 1. The molecular formula is C43H42F3N5O5.